The van der Waals surface area contributed by atoms with Gasteiger partial charge in [-0.25, -0.2) is 9.78 Å². The number of nitrogen functional groups attached to an aromatic ring is 1. The number of nitrogens with two attached hydrogens (primary N) is 1. The van der Waals surface area contributed by atoms with Crippen molar-refractivity contribution in [2.45, 2.75) is 6.92 Å². The van der Waals surface area contributed by atoms with Gasteiger partial charge in [0.05, 0.1) is 17.9 Å². The zero-order valence-corrected chi connectivity index (χ0v) is 7.84. The van der Waals surface area contributed by atoms with Crippen molar-refractivity contribution in [3.8, 4) is 0 Å². The highest BCUT2D eigenvalue weighted by atomic mass is 35.5. The van der Waals surface area contributed by atoms with Crippen LogP contribution in [0.5, 0.6) is 0 Å². The predicted octanol–water partition coefficient (Wildman–Crippen LogP) is 1.49. The van der Waals surface area contributed by atoms with E-state index in [9.17, 15) is 4.79 Å². The second-order valence-electron chi connectivity index (χ2n) is 2.32. The second-order valence-corrected chi connectivity index (χ2v) is 2.68. The summed E-state index contributed by atoms with van der Waals surface area (Å²) in [4.78, 5) is 14.9. The number of ether oxygens (including phenoxy) is 1. The van der Waals surface area contributed by atoms with Crippen LogP contribution in [0, 0.1) is 0 Å². The van der Waals surface area contributed by atoms with Gasteiger partial charge in [0.25, 0.3) is 0 Å². The van der Waals surface area contributed by atoms with Crippen LogP contribution in [0.3, 0.4) is 0 Å². The van der Waals surface area contributed by atoms with E-state index in [0.717, 1.165) is 0 Å². The summed E-state index contributed by atoms with van der Waals surface area (Å²) in [6, 6.07) is 1.44. The van der Waals surface area contributed by atoms with E-state index in [0.29, 0.717) is 12.2 Å². The van der Waals surface area contributed by atoms with Crippen molar-refractivity contribution in [1.29, 1.82) is 0 Å². The molecule has 1 heterocycles. The van der Waals surface area contributed by atoms with Gasteiger partial charge in [0.1, 0.15) is 0 Å². The topological polar surface area (TPSA) is 65.2 Å². The number of halogens is 1. The Kier molecular flexibility index (Phi) is 3.08. The van der Waals surface area contributed by atoms with Crippen LogP contribution in [0.15, 0.2) is 12.3 Å². The first-order valence-electron chi connectivity index (χ1n) is 3.73. The summed E-state index contributed by atoms with van der Waals surface area (Å²) in [5.41, 5.74) is 6.03. The van der Waals surface area contributed by atoms with E-state index in [1.807, 2.05) is 0 Å². The molecule has 0 atom stereocenters. The van der Waals surface area contributed by atoms with Crippen molar-refractivity contribution < 1.29 is 9.53 Å². The number of rotatable bonds is 2. The molecule has 1 aromatic heterocycles. The lowest BCUT2D eigenvalue weighted by Gasteiger charge is -2.02. The molecule has 1 rings (SSSR count). The fourth-order valence-electron chi connectivity index (χ4n) is 0.791. The van der Waals surface area contributed by atoms with E-state index in [2.05, 4.69) is 4.98 Å². The molecule has 13 heavy (non-hydrogen) atoms. The quantitative estimate of drug-likeness (QED) is 0.580. The first-order chi connectivity index (χ1) is 6.15. The molecule has 4 nitrogen and oxygen atoms in total. The zero-order valence-electron chi connectivity index (χ0n) is 7.08. The Morgan fingerprint density at radius 2 is 2.46 bits per heavy atom. The maximum Gasteiger partial charge on any atom is 0.339 e. The molecule has 0 aromatic carbocycles. The fourth-order valence-corrected chi connectivity index (χ4v) is 0.895. The van der Waals surface area contributed by atoms with Crippen LogP contribution in [-0.2, 0) is 4.74 Å². The molecule has 0 amide bonds. The van der Waals surface area contributed by atoms with E-state index in [-0.39, 0.29) is 10.8 Å². The smallest absolute Gasteiger partial charge is 0.339 e. The normalized spacial score (nSPS) is 9.69. The largest absolute Gasteiger partial charge is 0.462 e. The summed E-state index contributed by atoms with van der Waals surface area (Å²) in [5.74, 6) is -0.446. The van der Waals surface area contributed by atoms with Crippen molar-refractivity contribution in [3.05, 3.63) is 23.0 Å². The number of pyridine rings is 1. The van der Waals surface area contributed by atoms with Gasteiger partial charge < -0.3 is 10.5 Å². The molecule has 0 saturated heterocycles. The molecule has 0 radical (unpaired) electrons. The molecule has 0 bridgehead atoms. The summed E-state index contributed by atoms with van der Waals surface area (Å²) in [6.45, 7) is 2.05. The Morgan fingerprint density at radius 3 is 3.00 bits per heavy atom. The van der Waals surface area contributed by atoms with Crippen LogP contribution >= 0.6 is 11.6 Å². The van der Waals surface area contributed by atoms with Gasteiger partial charge in [0.15, 0.2) is 5.15 Å². The van der Waals surface area contributed by atoms with Crippen molar-refractivity contribution in [3.63, 3.8) is 0 Å². The monoisotopic (exact) mass is 200 g/mol. The van der Waals surface area contributed by atoms with Crippen LogP contribution in [-0.4, -0.2) is 17.6 Å². The number of anilines is 1. The molecule has 70 valence electrons. The minimum atomic E-state index is -0.446. The number of carbonyl (C=O) groups is 1. The minimum absolute atomic E-state index is 0.188. The molecule has 0 aliphatic heterocycles. The van der Waals surface area contributed by atoms with Gasteiger partial charge in [-0.1, -0.05) is 11.6 Å². The van der Waals surface area contributed by atoms with Crippen molar-refractivity contribution >= 4 is 23.3 Å². The van der Waals surface area contributed by atoms with Crippen molar-refractivity contribution in [2.24, 2.45) is 0 Å². The SMILES string of the molecule is CCOC(=O)c1cnc(Cl)c(N)c1. The van der Waals surface area contributed by atoms with Crippen LogP contribution < -0.4 is 5.73 Å². The lowest BCUT2D eigenvalue weighted by Crippen LogP contribution is -2.06. The Morgan fingerprint density at radius 1 is 1.77 bits per heavy atom. The maximum absolute atomic E-state index is 11.1. The van der Waals surface area contributed by atoms with Gasteiger partial charge in [-0.05, 0) is 13.0 Å². The van der Waals surface area contributed by atoms with Gasteiger partial charge in [-0.2, -0.15) is 0 Å². The Hall–Kier alpha value is -1.29. The predicted molar refractivity (Wildman–Crippen MR) is 49.6 cm³/mol. The summed E-state index contributed by atoms with van der Waals surface area (Å²) in [7, 11) is 0. The lowest BCUT2D eigenvalue weighted by atomic mass is 10.3. The molecular weight excluding hydrogens is 192 g/mol. The van der Waals surface area contributed by atoms with Gasteiger partial charge in [-0.15, -0.1) is 0 Å². The highest BCUT2D eigenvalue weighted by molar-refractivity contribution is 6.31. The standard InChI is InChI=1S/C8H9ClN2O2/c1-2-13-8(12)5-3-6(10)7(9)11-4-5/h3-4H,2,10H2,1H3. The van der Waals surface area contributed by atoms with Crippen LogP contribution in [0.4, 0.5) is 5.69 Å². The number of esters is 1. The van der Waals surface area contributed by atoms with E-state index < -0.39 is 5.97 Å². The summed E-state index contributed by atoms with van der Waals surface area (Å²) < 4.78 is 4.75. The molecule has 0 unspecified atom stereocenters. The number of hydrogen-bond acceptors (Lipinski definition) is 4. The molecule has 0 saturated carbocycles. The zero-order chi connectivity index (χ0) is 9.84. The van der Waals surface area contributed by atoms with Crippen LogP contribution in [0.25, 0.3) is 0 Å². The average molecular weight is 201 g/mol. The lowest BCUT2D eigenvalue weighted by molar-refractivity contribution is 0.0526. The van der Waals surface area contributed by atoms with E-state index >= 15 is 0 Å². The molecular formula is C8H9ClN2O2. The number of nitrogens with zero attached hydrogens (tertiary/aromatic N) is 1. The van der Waals surface area contributed by atoms with Gasteiger partial charge in [0.2, 0.25) is 0 Å². The Balaban J connectivity index is 2.90. The van der Waals surface area contributed by atoms with Gasteiger partial charge in [0, 0.05) is 6.20 Å². The fraction of sp³-hybridized carbons (Fsp3) is 0.250. The Bertz CT molecular complexity index is 328. The molecule has 1 aromatic rings. The number of hydrogen-bond donors (Lipinski definition) is 1. The second kappa shape index (κ2) is 4.09. The van der Waals surface area contributed by atoms with E-state index in [1.54, 1.807) is 6.92 Å². The summed E-state index contributed by atoms with van der Waals surface area (Å²) >= 11 is 5.57. The first-order valence-corrected chi connectivity index (χ1v) is 4.11. The van der Waals surface area contributed by atoms with E-state index in [1.165, 1.54) is 12.3 Å². The molecule has 0 spiro atoms. The highest BCUT2D eigenvalue weighted by Crippen LogP contribution is 2.16. The number of carbonyl (C=O) groups excluding carboxylic acids is 1. The third-order valence-electron chi connectivity index (χ3n) is 1.38. The van der Waals surface area contributed by atoms with Crippen molar-refractivity contribution in [2.75, 3.05) is 12.3 Å². The van der Waals surface area contributed by atoms with Crippen LogP contribution in [0.1, 0.15) is 17.3 Å². The first kappa shape index (κ1) is 9.80. The van der Waals surface area contributed by atoms with E-state index in [4.69, 9.17) is 22.1 Å². The summed E-state index contributed by atoms with van der Waals surface area (Å²) in [6.07, 6.45) is 1.33. The third-order valence-corrected chi connectivity index (χ3v) is 1.69. The van der Waals surface area contributed by atoms with Gasteiger partial charge >= 0.3 is 5.97 Å². The minimum Gasteiger partial charge on any atom is -0.462 e. The van der Waals surface area contributed by atoms with Gasteiger partial charge in [-0.3, -0.25) is 0 Å². The van der Waals surface area contributed by atoms with Crippen LogP contribution in [0.2, 0.25) is 5.15 Å². The average Bonchev–Trinajstić information content (AvgIpc) is 2.10. The highest BCUT2D eigenvalue weighted by Gasteiger charge is 2.08. The molecule has 2 N–H and O–H groups in total. The third kappa shape index (κ3) is 2.32. The summed E-state index contributed by atoms with van der Waals surface area (Å²) in [5, 5.41) is 0.188. The number of aromatic nitrogens is 1. The van der Waals surface area contributed by atoms with Crippen molar-refractivity contribution in [1.82, 2.24) is 4.98 Å². The molecule has 0 aliphatic rings. The molecule has 0 aliphatic carbocycles. The Labute approximate surface area is 80.7 Å². The molecule has 0 fully saturated rings. The maximum atomic E-state index is 11.1. The molecule has 5 heteroatoms.